The lowest BCUT2D eigenvalue weighted by molar-refractivity contribution is 0.0971. The predicted octanol–water partition coefficient (Wildman–Crippen LogP) is 2.53. The first-order valence-electron chi connectivity index (χ1n) is 6.99. The van der Waals surface area contributed by atoms with Crippen LogP contribution in [0.5, 0.6) is 0 Å². The van der Waals surface area contributed by atoms with Crippen molar-refractivity contribution in [1.29, 1.82) is 0 Å². The molecule has 2 nitrogen and oxygen atoms in total. The molecule has 2 saturated carbocycles. The largest absolute Gasteiger partial charge is 0.330 e. The molecule has 0 bridgehead atoms. The molecule has 0 aromatic carbocycles. The minimum atomic E-state index is 0.454. The van der Waals surface area contributed by atoms with Gasteiger partial charge in [-0.25, -0.2) is 0 Å². The topological polar surface area (TPSA) is 38.0 Å². The van der Waals surface area contributed by atoms with Crippen molar-refractivity contribution in [3.05, 3.63) is 0 Å². The smallest absolute Gasteiger partial charge is 0.00201 e. The van der Waals surface area contributed by atoms with E-state index in [1.54, 1.807) is 0 Å². The average molecular weight is 224 g/mol. The van der Waals surface area contributed by atoms with Crippen molar-refractivity contribution >= 4 is 0 Å². The summed E-state index contributed by atoms with van der Waals surface area (Å²) in [4.78, 5) is 0. The van der Waals surface area contributed by atoms with E-state index >= 15 is 0 Å². The molecular weight excluding hydrogens is 196 g/mol. The molecule has 2 heteroatoms. The van der Waals surface area contributed by atoms with Gasteiger partial charge in [0.05, 0.1) is 0 Å². The molecular formula is C14H28N2. The van der Waals surface area contributed by atoms with Crippen molar-refractivity contribution in [1.82, 2.24) is 5.32 Å². The Hall–Kier alpha value is -0.0800. The van der Waals surface area contributed by atoms with Gasteiger partial charge in [-0.1, -0.05) is 26.7 Å². The Morgan fingerprint density at radius 3 is 2.31 bits per heavy atom. The summed E-state index contributed by atoms with van der Waals surface area (Å²) in [7, 11) is 0. The van der Waals surface area contributed by atoms with Crippen LogP contribution in [0.4, 0.5) is 0 Å². The molecule has 0 aliphatic heterocycles. The van der Waals surface area contributed by atoms with Crippen LogP contribution in [0.3, 0.4) is 0 Å². The van der Waals surface area contributed by atoms with Crippen molar-refractivity contribution in [3.8, 4) is 0 Å². The second-order valence-corrected chi connectivity index (χ2v) is 6.78. The summed E-state index contributed by atoms with van der Waals surface area (Å²) in [6.07, 6.45) is 8.37. The van der Waals surface area contributed by atoms with E-state index in [1.807, 2.05) is 0 Å². The third-order valence-electron chi connectivity index (χ3n) is 5.14. The van der Waals surface area contributed by atoms with Gasteiger partial charge in [0.1, 0.15) is 0 Å². The van der Waals surface area contributed by atoms with E-state index in [4.69, 9.17) is 5.73 Å². The molecule has 94 valence electrons. The normalized spacial score (nSPS) is 24.9. The van der Waals surface area contributed by atoms with Crippen LogP contribution >= 0.6 is 0 Å². The van der Waals surface area contributed by atoms with E-state index in [0.29, 0.717) is 10.8 Å². The molecule has 0 aromatic heterocycles. The highest BCUT2D eigenvalue weighted by molar-refractivity contribution is 4.92. The quantitative estimate of drug-likeness (QED) is 0.727. The molecule has 0 heterocycles. The number of rotatable bonds is 6. The zero-order valence-corrected chi connectivity index (χ0v) is 11.0. The summed E-state index contributed by atoms with van der Waals surface area (Å²) in [5, 5.41) is 3.69. The highest BCUT2D eigenvalue weighted by Gasteiger charge is 2.37. The molecule has 2 aliphatic carbocycles. The van der Waals surface area contributed by atoms with E-state index in [-0.39, 0.29) is 0 Å². The Morgan fingerprint density at radius 2 is 1.94 bits per heavy atom. The van der Waals surface area contributed by atoms with Crippen molar-refractivity contribution in [3.63, 3.8) is 0 Å². The first-order chi connectivity index (χ1) is 7.58. The van der Waals surface area contributed by atoms with Gasteiger partial charge in [-0.15, -0.1) is 0 Å². The molecule has 0 radical (unpaired) electrons. The molecule has 0 amide bonds. The monoisotopic (exact) mass is 224 g/mol. The van der Waals surface area contributed by atoms with E-state index in [2.05, 4.69) is 19.2 Å². The maximum absolute atomic E-state index is 5.88. The van der Waals surface area contributed by atoms with Crippen LogP contribution in [0, 0.1) is 16.7 Å². The summed E-state index contributed by atoms with van der Waals surface area (Å²) in [6, 6.07) is 0. The van der Waals surface area contributed by atoms with E-state index < -0.39 is 0 Å². The molecule has 0 aromatic rings. The fraction of sp³-hybridized carbons (Fsp3) is 1.00. The SMILES string of the molecule is CC(C)(CNCC1(CN)CCC1)C1CCC1. The summed E-state index contributed by atoms with van der Waals surface area (Å²) >= 11 is 0. The molecule has 2 rings (SSSR count). The first-order valence-corrected chi connectivity index (χ1v) is 6.99. The molecule has 0 saturated heterocycles. The summed E-state index contributed by atoms with van der Waals surface area (Å²) in [6.45, 7) is 8.00. The van der Waals surface area contributed by atoms with Gasteiger partial charge in [-0.3, -0.25) is 0 Å². The Balaban J connectivity index is 1.70. The highest BCUT2D eigenvalue weighted by Crippen LogP contribution is 2.42. The average Bonchev–Trinajstić information content (AvgIpc) is 2.05. The van der Waals surface area contributed by atoms with Gasteiger partial charge in [-0.05, 0) is 49.0 Å². The third kappa shape index (κ3) is 2.43. The number of nitrogens with two attached hydrogens (primary N) is 1. The van der Waals surface area contributed by atoms with Gasteiger partial charge in [-0.2, -0.15) is 0 Å². The lowest BCUT2D eigenvalue weighted by Gasteiger charge is -2.44. The zero-order chi connectivity index (χ0) is 11.6. The van der Waals surface area contributed by atoms with Crippen molar-refractivity contribution in [2.24, 2.45) is 22.5 Å². The Kier molecular flexibility index (Phi) is 3.60. The van der Waals surface area contributed by atoms with Crippen molar-refractivity contribution < 1.29 is 0 Å². The lowest BCUT2D eigenvalue weighted by Crippen LogP contribution is -2.48. The maximum atomic E-state index is 5.88. The Bertz CT molecular complexity index is 221. The molecule has 3 N–H and O–H groups in total. The number of hydrogen-bond donors (Lipinski definition) is 2. The molecule has 2 fully saturated rings. The molecule has 2 aliphatic rings. The number of nitrogens with one attached hydrogen (secondary N) is 1. The molecule has 0 unspecified atom stereocenters. The maximum Gasteiger partial charge on any atom is 0.00201 e. The molecule has 0 atom stereocenters. The standard InChI is InChI=1S/C14H28N2/c1-13(2,12-5-3-6-12)10-16-11-14(9-15)7-4-8-14/h12,16H,3-11,15H2,1-2H3. The Morgan fingerprint density at radius 1 is 1.25 bits per heavy atom. The van der Waals surface area contributed by atoms with Crippen LogP contribution in [0.1, 0.15) is 52.4 Å². The fourth-order valence-electron chi connectivity index (χ4n) is 3.11. The van der Waals surface area contributed by atoms with Crippen LogP contribution < -0.4 is 11.1 Å². The predicted molar refractivity (Wildman–Crippen MR) is 69.3 cm³/mol. The van der Waals surface area contributed by atoms with Gasteiger partial charge >= 0.3 is 0 Å². The van der Waals surface area contributed by atoms with Crippen molar-refractivity contribution in [2.45, 2.75) is 52.4 Å². The minimum Gasteiger partial charge on any atom is -0.330 e. The second-order valence-electron chi connectivity index (χ2n) is 6.78. The van der Waals surface area contributed by atoms with Gasteiger partial charge in [0, 0.05) is 13.1 Å². The first kappa shape index (κ1) is 12.4. The number of hydrogen-bond acceptors (Lipinski definition) is 2. The second kappa shape index (κ2) is 4.66. The van der Waals surface area contributed by atoms with Gasteiger partial charge in [0.2, 0.25) is 0 Å². The third-order valence-corrected chi connectivity index (χ3v) is 5.14. The summed E-state index contributed by atoms with van der Waals surface area (Å²) < 4.78 is 0. The van der Waals surface area contributed by atoms with Gasteiger partial charge in [0.25, 0.3) is 0 Å². The zero-order valence-electron chi connectivity index (χ0n) is 11.0. The van der Waals surface area contributed by atoms with Gasteiger partial charge in [0.15, 0.2) is 0 Å². The molecule has 0 spiro atoms. The fourth-order valence-corrected chi connectivity index (χ4v) is 3.11. The lowest BCUT2D eigenvalue weighted by atomic mass is 9.66. The van der Waals surface area contributed by atoms with Crippen LogP contribution in [-0.4, -0.2) is 19.6 Å². The highest BCUT2D eigenvalue weighted by atomic mass is 14.9. The van der Waals surface area contributed by atoms with Gasteiger partial charge < -0.3 is 11.1 Å². The minimum absolute atomic E-state index is 0.454. The molecule has 16 heavy (non-hydrogen) atoms. The van der Waals surface area contributed by atoms with Crippen LogP contribution in [0.15, 0.2) is 0 Å². The summed E-state index contributed by atoms with van der Waals surface area (Å²) in [5.74, 6) is 0.954. The van der Waals surface area contributed by atoms with E-state index in [1.165, 1.54) is 45.1 Å². The van der Waals surface area contributed by atoms with E-state index in [9.17, 15) is 0 Å². The Labute approximate surface area is 100 Å². The van der Waals surface area contributed by atoms with Crippen LogP contribution in [0.2, 0.25) is 0 Å². The van der Waals surface area contributed by atoms with Crippen molar-refractivity contribution in [2.75, 3.05) is 19.6 Å². The van der Waals surface area contributed by atoms with Crippen LogP contribution in [0.25, 0.3) is 0 Å². The summed E-state index contributed by atoms with van der Waals surface area (Å²) in [5.41, 5.74) is 6.81. The van der Waals surface area contributed by atoms with Crippen LogP contribution in [-0.2, 0) is 0 Å². The van der Waals surface area contributed by atoms with E-state index in [0.717, 1.165) is 19.0 Å².